The Labute approximate surface area is 174 Å². The lowest BCUT2D eigenvalue weighted by molar-refractivity contribution is 0.212. The Morgan fingerprint density at radius 2 is 2.07 bits per heavy atom. The van der Waals surface area contributed by atoms with E-state index in [1.165, 1.54) is 0 Å². The summed E-state index contributed by atoms with van der Waals surface area (Å²) in [5, 5.41) is 5.47. The van der Waals surface area contributed by atoms with Crippen LogP contribution in [-0.2, 0) is 19.5 Å². The SMILES string of the molecule is Nc1nccc2cc(NCc3ccc(OC[C@H]4CCn5ccnc5C4)nc3)ccc12. The average molecular weight is 400 g/mol. The zero-order valence-corrected chi connectivity index (χ0v) is 16.7. The predicted octanol–water partition coefficient (Wildman–Crippen LogP) is 3.66. The fourth-order valence-electron chi connectivity index (χ4n) is 3.88. The van der Waals surface area contributed by atoms with Crippen molar-refractivity contribution in [2.45, 2.75) is 25.9 Å². The molecule has 3 aromatic heterocycles. The molecule has 0 unspecified atom stereocenters. The Morgan fingerprint density at radius 1 is 1.10 bits per heavy atom. The third-order valence-electron chi connectivity index (χ3n) is 5.61. The molecular formula is C23H24N6O. The first-order valence-electron chi connectivity index (χ1n) is 10.2. The highest BCUT2D eigenvalue weighted by atomic mass is 16.5. The highest BCUT2D eigenvalue weighted by molar-refractivity contribution is 5.92. The number of nitrogens with one attached hydrogen (secondary N) is 1. The van der Waals surface area contributed by atoms with E-state index in [9.17, 15) is 0 Å². The number of benzene rings is 1. The topological polar surface area (TPSA) is 90.9 Å². The number of nitrogen functional groups attached to an aromatic ring is 1. The number of hydrogen-bond donors (Lipinski definition) is 2. The first-order chi connectivity index (χ1) is 14.7. The van der Waals surface area contributed by atoms with Crippen molar-refractivity contribution in [1.29, 1.82) is 0 Å². The minimum Gasteiger partial charge on any atom is -0.477 e. The molecule has 3 N–H and O–H groups in total. The highest BCUT2D eigenvalue weighted by Gasteiger charge is 2.19. The minimum absolute atomic E-state index is 0.486. The van der Waals surface area contributed by atoms with E-state index in [-0.39, 0.29) is 0 Å². The summed E-state index contributed by atoms with van der Waals surface area (Å²) in [6.45, 7) is 2.37. The molecule has 1 atom stereocenters. The summed E-state index contributed by atoms with van der Waals surface area (Å²) in [5.74, 6) is 2.86. The van der Waals surface area contributed by atoms with Crippen LogP contribution in [0.15, 0.2) is 61.2 Å². The van der Waals surface area contributed by atoms with Crippen molar-refractivity contribution in [2.75, 3.05) is 17.7 Å². The van der Waals surface area contributed by atoms with Gasteiger partial charge in [0, 0.05) is 67.4 Å². The van der Waals surface area contributed by atoms with Crippen LogP contribution in [0.25, 0.3) is 10.8 Å². The maximum atomic E-state index is 5.93. The molecule has 1 aromatic carbocycles. The van der Waals surface area contributed by atoms with Crippen LogP contribution in [0.5, 0.6) is 5.88 Å². The summed E-state index contributed by atoms with van der Waals surface area (Å²) >= 11 is 0. The second-order valence-corrected chi connectivity index (χ2v) is 7.70. The molecule has 152 valence electrons. The van der Waals surface area contributed by atoms with Gasteiger partial charge >= 0.3 is 0 Å². The zero-order chi connectivity index (χ0) is 20.3. The number of nitrogens with zero attached hydrogens (tertiary/aromatic N) is 4. The molecule has 0 saturated heterocycles. The normalized spacial score (nSPS) is 15.7. The second-order valence-electron chi connectivity index (χ2n) is 7.70. The van der Waals surface area contributed by atoms with Crippen LogP contribution in [0.1, 0.15) is 17.8 Å². The van der Waals surface area contributed by atoms with Crippen molar-refractivity contribution in [1.82, 2.24) is 19.5 Å². The molecule has 0 radical (unpaired) electrons. The molecule has 0 amide bonds. The molecule has 7 heteroatoms. The largest absolute Gasteiger partial charge is 0.477 e. The second kappa shape index (κ2) is 8.02. The van der Waals surface area contributed by atoms with Crippen molar-refractivity contribution < 1.29 is 4.74 Å². The molecule has 7 nitrogen and oxygen atoms in total. The summed E-state index contributed by atoms with van der Waals surface area (Å²) in [5.41, 5.74) is 8.04. The van der Waals surface area contributed by atoms with Crippen molar-refractivity contribution in [3.05, 3.63) is 72.6 Å². The first kappa shape index (κ1) is 18.4. The van der Waals surface area contributed by atoms with Crippen molar-refractivity contribution in [3.8, 4) is 5.88 Å². The quantitative estimate of drug-likeness (QED) is 0.513. The van der Waals surface area contributed by atoms with E-state index < -0.39 is 0 Å². The van der Waals surface area contributed by atoms with Crippen LogP contribution in [0.4, 0.5) is 11.5 Å². The summed E-state index contributed by atoms with van der Waals surface area (Å²) < 4.78 is 8.15. The third-order valence-corrected chi connectivity index (χ3v) is 5.61. The summed E-state index contributed by atoms with van der Waals surface area (Å²) in [6.07, 6.45) is 9.58. The van der Waals surface area contributed by atoms with Crippen LogP contribution >= 0.6 is 0 Å². The van der Waals surface area contributed by atoms with E-state index in [0.29, 0.717) is 30.8 Å². The van der Waals surface area contributed by atoms with Gasteiger partial charge in [0.2, 0.25) is 5.88 Å². The monoisotopic (exact) mass is 400 g/mol. The summed E-state index contributed by atoms with van der Waals surface area (Å²) in [7, 11) is 0. The molecule has 0 aliphatic carbocycles. The predicted molar refractivity (Wildman–Crippen MR) is 117 cm³/mol. The number of pyridine rings is 2. The van der Waals surface area contributed by atoms with Crippen LogP contribution in [0, 0.1) is 5.92 Å². The lowest BCUT2D eigenvalue weighted by Gasteiger charge is -2.23. The standard InChI is InChI=1S/C23H24N6O/c24-23-20-3-2-19(12-18(20)5-7-26-23)27-13-17-1-4-22(28-14-17)30-15-16-6-9-29-10-8-25-21(29)11-16/h1-5,7-8,10,12,14,16,27H,6,9,11,13,15H2,(H2,24,26)/t16-/m0/s1. The van der Waals surface area contributed by atoms with Gasteiger partial charge < -0.3 is 20.4 Å². The van der Waals surface area contributed by atoms with Gasteiger partial charge in [-0.25, -0.2) is 15.0 Å². The maximum Gasteiger partial charge on any atom is 0.213 e. The Hall–Kier alpha value is -3.61. The molecule has 0 spiro atoms. The van der Waals surface area contributed by atoms with Crippen LogP contribution in [0.3, 0.4) is 0 Å². The van der Waals surface area contributed by atoms with E-state index in [1.807, 2.05) is 48.9 Å². The smallest absolute Gasteiger partial charge is 0.213 e. The molecule has 0 saturated carbocycles. The van der Waals surface area contributed by atoms with E-state index in [2.05, 4.69) is 30.9 Å². The Kier molecular flexibility index (Phi) is 4.93. The average Bonchev–Trinajstić information content (AvgIpc) is 3.25. The van der Waals surface area contributed by atoms with Crippen molar-refractivity contribution in [3.63, 3.8) is 0 Å². The molecule has 0 fully saturated rings. The lowest BCUT2D eigenvalue weighted by Crippen LogP contribution is -2.24. The molecule has 1 aliphatic heterocycles. The van der Waals surface area contributed by atoms with Gasteiger partial charge in [-0.2, -0.15) is 0 Å². The molecule has 4 aromatic rings. The van der Waals surface area contributed by atoms with Crippen molar-refractivity contribution >= 4 is 22.3 Å². The number of fused-ring (bicyclic) bond motifs is 2. The van der Waals surface area contributed by atoms with Crippen LogP contribution in [0.2, 0.25) is 0 Å². The maximum absolute atomic E-state index is 5.93. The number of nitrogens with two attached hydrogens (primary N) is 1. The van der Waals surface area contributed by atoms with Gasteiger partial charge in [-0.1, -0.05) is 6.07 Å². The minimum atomic E-state index is 0.486. The van der Waals surface area contributed by atoms with Gasteiger partial charge in [-0.05, 0) is 41.6 Å². The van der Waals surface area contributed by atoms with E-state index in [4.69, 9.17) is 10.5 Å². The number of anilines is 2. The first-order valence-corrected chi connectivity index (χ1v) is 10.2. The molecule has 4 heterocycles. The van der Waals surface area contributed by atoms with E-state index >= 15 is 0 Å². The van der Waals surface area contributed by atoms with Crippen LogP contribution < -0.4 is 15.8 Å². The lowest BCUT2D eigenvalue weighted by atomic mass is 9.99. The van der Waals surface area contributed by atoms with Gasteiger partial charge in [-0.3, -0.25) is 0 Å². The highest BCUT2D eigenvalue weighted by Crippen LogP contribution is 2.23. The summed E-state index contributed by atoms with van der Waals surface area (Å²) in [4.78, 5) is 13.0. The Morgan fingerprint density at radius 3 is 2.97 bits per heavy atom. The number of rotatable bonds is 6. The number of aryl methyl sites for hydroxylation is 1. The Balaban J connectivity index is 1.15. The fourth-order valence-corrected chi connectivity index (χ4v) is 3.88. The molecule has 1 aliphatic rings. The molecule has 5 rings (SSSR count). The van der Waals surface area contributed by atoms with Crippen molar-refractivity contribution in [2.24, 2.45) is 5.92 Å². The van der Waals surface area contributed by atoms with Gasteiger partial charge in [0.05, 0.1) is 6.61 Å². The number of aromatic nitrogens is 4. The molecule has 0 bridgehead atoms. The third kappa shape index (κ3) is 3.91. The van der Waals surface area contributed by atoms with Gasteiger partial charge in [-0.15, -0.1) is 0 Å². The fraction of sp³-hybridized carbons (Fsp3) is 0.261. The van der Waals surface area contributed by atoms with Gasteiger partial charge in [0.1, 0.15) is 11.6 Å². The summed E-state index contributed by atoms with van der Waals surface area (Å²) in [6, 6.07) is 12.0. The van der Waals surface area contributed by atoms with Crippen LogP contribution in [-0.4, -0.2) is 26.1 Å². The number of hydrogen-bond acceptors (Lipinski definition) is 6. The molecular weight excluding hydrogens is 376 g/mol. The number of ether oxygens (including phenoxy) is 1. The van der Waals surface area contributed by atoms with Gasteiger partial charge in [0.15, 0.2) is 0 Å². The molecule has 30 heavy (non-hydrogen) atoms. The number of imidazole rings is 1. The van der Waals surface area contributed by atoms with Gasteiger partial charge in [0.25, 0.3) is 0 Å². The van der Waals surface area contributed by atoms with E-state index in [1.54, 1.807) is 6.20 Å². The van der Waals surface area contributed by atoms with E-state index in [0.717, 1.165) is 47.2 Å². The zero-order valence-electron chi connectivity index (χ0n) is 16.7. The Bertz CT molecular complexity index is 1150.